The van der Waals surface area contributed by atoms with Crippen molar-refractivity contribution in [3.05, 3.63) is 25.3 Å². The van der Waals surface area contributed by atoms with E-state index in [0.717, 1.165) is 18.4 Å². The first-order valence-corrected chi connectivity index (χ1v) is 6.10. The highest BCUT2D eigenvalue weighted by Crippen LogP contribution is 1.82. The van der Waals surface area contributed by atoms with Crippen molar-refractivity contribution in [3.8, 4) is 0 Å². The Morgan fingerprint density at radius 1 is 0.895 bits per heavy atom. The monoisotopic (exact) mass is 274 g/mol. The Balaban J connectivity index is -0.000000136. The van der Waals surface area contributed by atoms with Crippen LogP contribution in [0.1, 0.15) is 34.6 Å². The number of hydrogen-bond donors (Lipinski definition) is 0. The molecular weight excluding hydrogens is 248 g/mol. The summed E-state index contributed by atoms with van der Waals surface area (Å²) < 4.78 is 9.04. The van der Waals surface area contributed by atoms with Crippen molar-refractivity contribution in [3.63, 3.8) is 0 Å². The topological polar surface area (TPSA) is 69.7 Å². The average molecular weight is 274 g/mol. The van der Waals surface area contributed by atoms with Crippen LogP contribution in [-0.2, 0) is 23.9 Å². The fourth-order valence-corrected chi connectivity index (χ4v) is 0.402. The fourth-order valence-electron chi connectivity index (χ4n) is 0.402. The summed E-state index contributed by atoms with van der Waals surface area (Å²) in [7, 11) is 0. The van der Waals surface area contributed by atoms with Crippen LogP contribution in [0.3, 0.4) is 0 Å². The summed E-state index contributed by atoms with van der Waals surface area (Å²) in [4.78, 5) is 29.7. The molecule has 0 aromatic heterocycles. The van der Waals surface area contributed by atoms with Crippen molar-refractivity contribution < 1.29 is 23.9 Å². The molecule has 0 saturated heterocycles. The van der Waals surface area contributed by atoms with Gasteiger partial charge in [-0.2, -0.15) is 0 Å². The minimum absolute atomic E-state index is 0.0322. The van der Waals surface area contributed by atoms with Gasteiger partial charge >= 0.3 is 11.9 Å². The second kappa shape index (κ2) is 29.8. The summed E-state index contributed by atoms with van der Waals surface area (Å²) in [5, 5.41) is 0. The van der Waals surface area contributed by atoms with Crippen LogP contribution in [0.2, 0.25) is 0 Å². The summed E-state index contributed by atoms with van der Waals surface area (Å²) in [6.07, 6.45) is 2.82. The molecule has 112 valence electrons. The summed E-state index contributed by atoms with van der Waals surface area (Å²) >= 11 is 0. The SMILES string of the molecule is C=CC(=O)OCCOC(=O)C=C.CC.CC.CC=O. The summed E-state index contributed by atoms with van der Waals surface area (Å²) in [6, 6.07) is 0. The Hall–Kier alpha value is -1.91. The first kappa shape index (κ1) is 25.8. The van der Waals surface area contributed by atoms with Crippen molar-refractivity contribution in [2.45, 2.75) is 34.6 Å². The van der Waals surface area contributed by atoms with E-state index in [4.69, 9.17) is 4.79 Å². The van der Waals surface area contributed by atoms with Crippen molar-refractivity contribution in [1.82, 2.24) is 0 Å². The highest BCUT2D eigenvalue weighted by atomic mass is 16.6. The van der Waals surface area contributed by atoms with Gasteiger partial charge in [0, 0.05) is 12.2 Å². The second-order valence-corrected chi connectivity index (χ2v) is 1.98. The van der Waals surface area contributed by atoms with Crippen LogP contribution >= 0.6 is 0 Å². The fraction of sp³-hybridized carbons (Fsp3) is 0.500. The smallest absolute Gasteiger partial charge is 0.330 e. The Labute approximate surface area is 116 Å². The predicted octanol–water partition coefficient (Wildman–Crippen LogP) is 2.70. The summed E-state index contributed by atoms with van der Waals surface area (Å²) in [6.45, 7) is 15.9. The summed E-state index contributed by atoms with van der Waals surface area (Å²) in [5.74, 6) is -1.07. The number of carbonyl (C=O) groups is 3. The number of rotatable bonds is 5. The second-order valence-electron chi connectivity index (χ2n) is 1.98. The van der Waals surface area contributed by atoms with Gasteiger partial charge in [-0.1, -0.05) is 40.9 Å². The normalized spacial score (nSPS) is 6.58. The lowest BCUT2D eigenvalue weighted by molar-refractivity contribution is -0.146. The molecule has 0 atom stereocenters. The van der Waals surface area contributed by atoms with E-state index in [2.05, 4.69) is 22.6 Å². The number of carbonyl (C=O) groups excluding carboxylic acids is 3. The minimum Gasteiger partial charge on any atom is -0.459 e. The Bertz CT molecular complexity index is 212. The van der Waals surface area contributed by atoms with Crippen LogP contribution in [-0.4, -0.2) is 31.4 Å². The molecule has 0 amide bonds. The highest BCUT2D eigenvalue weighted by Gasteiger charge is 1.97. The van der Waals surface area contributed by atoms with E-state index in [0.29, 0.717) is 0 Å². The number of hydrogen-bond acceptors (Lipinski definition) is 5. The standard InChI is InChI=1S/C8H10O4.C2H4O.2C2H6/c1-3-7(9)11-5-6-12-8(10)4-2;1-2-3;2*1-2/h3-4H,1-2,5-6H2;2H,1H3;2*1-2H3. The number of ether oxygens (including phenoxy) is 2. The van der Waals surface area contributed by atoms with Gasteiger partial charge in [0.1, 0.15) is 19.5 Å². The zero-order valence-electron chi connectivity index (χ0n) is 12.6. The van der Waals surface area contributed by atoms with Crippen molar-refractivity contribution in [2.75, 3.05) is 13.2 Å². The molecule has 0 heterocycles. The quantitative estimate of drug-likeness (QED) is 0.333. The van der Waals surface area contributed by atoms with Crippen molar-refractivity contribution in [2.24, 2.45) is 0 Å². The van der Waals surface area contributed by atoms with Gasteiger partial charge in [-0.05, 0) is 6.92 Å². The first-order valence-electron chi connectivity index (χ1n) is 6.10. The summed E-state index contributed by atoms with van der Waals surface area (Å²) in [5.41, 5.74) is 0. The average Bonchev–Trinajstić information content (AvgIpc) is 2.48. The van der Waals surface area contributed by atoms with Gasteiger partial charge in [-0.25, -0.2) is 9.59 Å². The molecule has 0 fully saturated rings. The van der Waals surface area contributed by atoms with E-state index in [9.17, 15) is 9.59 Å². The molecule has 0 aromatic rings. The molecular formula is C14H26O5. The molecule has 0 aliphatic carbocycles. The Kier molecular flexibility index (Phi) is 40.5. The molecule has 0 rings (SSSR count). The predicted molar refractivity (Wildman–Crippen MR) is 76.7 cm³/mol. The van der Waals surface area contributed by atoms with E-state index in [1.807, 2.05) is 27.7 Å². The minimum atomic E-state index is -0.537. The highest BCUT2D eigenvalue weighted by molar-refractivity contribution is 5.81. The lowest BCUT2D eigenvalue weighted by Crippen LogP contribution is -2.10. The maximum absolute atomic E-state index is 10.4. The van der Waals surface area contributed by atoms with Crippen LogP contribution < -0.4 is 0 Å². The molecule has 5 nitrogen and oxygen atoms in total. The van der Waals surface area contributed by atoms with Gasteiger partial charge in [0.2, 0.25) is 0 Å². The van der Waals surface area contributed by atoms with Gasteiger partial charge in [0.25, 0.3) is 0 Å². The van der Waals surface area contributed by atoms with Gasteiger partial charge < -0.3 is 14.3 Å². The lowest BCUT2D eigenvalue weighted by Gasteiger charge is -2.01. The molecule has 0 unspecified atom stereocenters. The zero-order valence-corrected chi connectivity index (χ0v) is 12.6. The van der Waals surface area contributed by atoms with Crippen LogP contribution in [0, 0.1) is 0 Å². The van der Waals surface area contributed by atoms with Crippen LogP contribution in [0.25, 0.3) is 0 Å². The van der Waals surface area contributed by atoms with Crippen molar-refractivity contribution in [1.29, 1.82) is 0 Å². The van der Waals surface area contributed by atoms with E-state index in [-0.39, 0.29) is 13.2 Å². The molecule has 0 bridgehead atoms. The third kappa shape index (κ3) is 38.7. The molecule has 0 saturated carbocycles. The lowest BCUT2D eigenvalue weighted by atomic mass is 10.6. The molecule has 0 spiro atoms. The molecule has 0 aliphatic rings. The largest absolute Gasteiger partial charge is 0.459 e. The maximum Gasteiger partial charge on any atom is 0.330 e. The molecule has 0 aliphatic heterocycles. The third-order valence-electron chi connectivity index (χ3n) is 0.905. The Morgan fingerprint density at radius 3 is 1.26 bits per heavy atom. The van der Waals surface area contributed by atoms with E-state index in [1.165, 1.54) is 6.92 Å². The molecule has 0 aromatic carbocycles. The van der Waals surface area contributed by atoms with E-state index in [1.54, 1.807) is 0 Å². The molecule has 0 N–H and O–H groups in total. The van der Waals surface area contributed by atoms with Gasteiger partial charge in [0.15, 0.2) is 0 Å². The van der Waals surface area contributed by atoms with Crippen LogP contribution in [0.5, 0.6) is 0 Å². The number of aldehydes is 1. The molecule has 0 radical (unpaired) electrons. The Morgan fingerprint density at radius 2 is 1.11 bits per heavy atom. The zero-order chi connectivity index (χ0) is 16.1. The van der Waals surface area contributed by atoms with E-state index < -0.39 is 11.9 Å². The van der Waals surface area contributed by atoms with Crippen LogP contribution in [0.4, 0.5) is 0 Å². The van der Waals surface area contributed by atoms with Crippen LogP contribution in [0.15, 0.2) is 25.3 Å². The maximum atomic E-state index is 10.4. The third-order valence-corrected chi connectivity index (χ3v) is 0.905. The van der Waals surface area contributed by atoms with E-state index >= 15 is 0 Å². The van der Waals surface area contributed by atoms with Gasteiger partial charge in [-0.3, -0.25) is 0 Å². The molecule has 19 heavy (non-hydrogen) atoms. The number of esters is 2. The van der Waals surface area contributed by atoms with Gasteiger partial charge in [0.05, 0.1) is 0 Å². The molecule has 5 heteroatoms. The van der Waals surface area contributed by atoms with Crippen molar-refractivity contribution >= 4 is 18.2 Å². The first-order chi connectivity index (χ1) is 9.12. The van der Waals surface area contributed by atoms with Gasteiger partial charge in [-0.15, -0.1) is 0 Å².